The number of hydrogen-bond donors (Lipinski definition) is 0. The minimum atomic E-state index is -0.253. The summed E-state index contributed by atoms with van der Waals surface area (Å²) in [7, 11) is 1.85. The fourth-order valence-electron chi connectivity index (χ4n) is 4.08. The Balaban J connectivity index is 1.56. The number of likely N-dealkylation sites (N-methyl/N-ethyl adjacent to an activating group) is 1. The topological polar surface area (TPSA) is 53.5 Å². The summed E-state index contributed by atoms with van der Waals surface area (Å²) in [6.45, 7) is 1.41. The van der Waals surface area contributed by atoms with Crippen LogP contribution in [0.1, 0.15) is 50.5 Å². The number of carbonyl (C=O) groups excluding carboxylic acids is 2. The first kappa shape index (κ1) is 17.9. The van der Waals surface area contributed by atoms with E-state index in [1.54, 1.807) is 17.3 Å². The highest BCUT2D eigenvalue weighted by Crippen LogP contribution is 2.29. The molecule has 1 saturated heterocycles. The van der Waals surface area contributed by atoms with Crippen LogP contribution in [0, 0.1) is 5.92 Å². The lowest BCUT2D eigenvalue weighted by Crippen LogP contribution is -2.48. The van der Waals surface area contributed by atoms with Gasteiger partial charge in [0.1, 0.15) is 6.04 Å². The van der Waals surface area contributed by atoms with Gasteiger partial charge in [0, 0.05) is 38.4 Å². The van der Waals surface area contributed by atoms with Crippen molar-refractivity contribution in [3.05, 3.63) is 30.1 Å². The Morgan fingerprint density at radius 2 is 1.84 bits per heavy atom. The molecule has 1 aliphatic carbocycles. The van der Waals surface area contributed by atoms with Crippen LogP contribution in [0.2, 0.25) is 0 Å². The zero-order chi connectivity index (χ0) is 17.6. The first-order valence-corrected chi connectivity index (χ1v) is 9.61. The van der Waals surface area contributed by atoms with Crippen molar-refractivity contribution in [1.29, 1.82) is 0 Å². The zero-order valence-electron chi connectivity index (χ0n) is 15.2. The predicted octanol–water partition coefficient (Wildman–Crippen LogP) is 2.65. The van der Waals surface area contributed by atoms with Gasteiger partial charge >= 0.3 is 0 Å². The van der Waals surface area contributed by atoms with E-state index in [0.29, 0.717) is 6.54 Å². The van der Waals surface area contributed by atoms with Crippen molar-refractivity contribution in [1.82, 2.24) is 14.8 Å². The molecule has 1 aromatic heterocycles. The van der Waals surface area contributed by atoms with Crippen LogP contribution >= 0.6 is 0 Å². The van der Waals surface area contributed by atoms with E-state index in [4.69, 9.17) is 0 Å². The minimum absolute atomic E-state index is 0.0933. The Morgan fingerprint density at radius 3 is 2.56 bits per heavy atom. The molecule has 3 rings (SSSR count). The molecule has 1 aliphatic heterocycles. The van der Waals surface area contributed by atoms with Gasteiger partial charge in [-0.25, -0.2) is 0 Å². The molecule has 0 aromatic carbocycles. The number of rotatable bonds is 5. The minimum Gasteiger partial charge on any atom is -0.344 e. The van der Waals surface area contributed by atoms with Crippen LogP contribution in [0.15, 0.2) is 24.5 Å². The third-order valence-corrected chi connectivity index (χ3v) is 5.64. The summed E-state index contributed by atoms with van der Waals surface area (Å²) < 4.78 is 0. The van der Waals surface area contributed by atoms with Crippen molar-refractivity contribution in [2.45, 2.75) is 57.4 Å². The third kappa shape index (κ3) is 4.39. The summed E-state index contributed by atoms with van der Waals surface area (Å²) in [6, 6.07) is 3.71. The van der Waals surface area contributed by atoms with Crippen LogP contribution in [-0.4, -0.2) is 52.8 Å². The van der Waals surface area contributed by atoms with Crippen molar-refractivity contribution >= 4 is 11.8 Å². The van der Waals surface area contributed by atoms with Crippen LogP contribution in [0.4, 0.5) is 0 Å². The number of nitrogens with zero attached hydrogens (tertiary/aromatic N) is 3. The van der Waals surface area contributed by atoms with E-state index in [9.17, 15) is 9.59 Å². The molecule has 1 atom stereocenters. The first-order chi connectivity index (χ1) is 12.2. The van der Waals surface area contributed by atoms with Crippen molar-refractivity contribution in [2.24, 2.45) is 5.92 Å². The fourth-order valence-corrected chi connectivity index (χ4v) is 4.08. The molecular weight excluding hydrogens is 314 g/mol. The summed E-state index contributed by atoms with van der Waals surface area (Å²) >= 11 is 0. The average Bonchev–Trinajstić information content (AvgIpc) is 3.16. The maximum absolute atomic E-state index is 12.9. The standard InChI is InChI=1S/C20H29N3O2/c1-22(15-11-16-9-12-21-13-10-16)20(25)18-8-5-14-23(18)19(24)17-6-3-2-4-7-17/h9-10,12-13,17-18H,2-8,11,14-15H2,1H3/t18-/m0/s1. The highest BCUT2D eigenvalue weighted by Gasteiger charge is 2.38. The molecule has 0 spiro atoms. The summed E-state index contributed by atoms with van der Waals surface area (Å²) in [6.07, 6.45) is 11.6. The number of pyridine rings is 1. The number of aromatic nitrogens is 1. The van der Waals surface area contributed by atoms with E-state index in [1.165, 1.54) is 12.0 Å². The number of carbonyl (C=O) groups is 2. The van der Waals surface area contributed by atoms with E-state index in [1.807, 2.05) is 24.1 Å². The van der Waals surface area contributed by atoms with Crippen LogP contribution in [0.5, 0.6) is 0 Å². The van der Waals surface area contributed by atoms with Crippen LogP contribution in [-0.2, 0) is 16.0 Å². The fraction of sp³-hybridized carbons (Fsp3) is 0.650. The molecular formula is C20H29N3O2. The second-order valence-corrected chi connectivity index (χ2v) is 7.39. The maximum Gasteiger partial charge on any atom is 0.245 e. The maximum atomic E-state index is 12.9. The highest BCUT2D eigenvalue weighted by molar-refractivity contribution is 5.89. The Bertz CT molecular complexity index is 584. The summed E-state index contributed by atoms with van der Waals surface area (Å²) in [5, 5.41) is 0. The normalized spacial score (nSPS) is 21.3. The molecule has 2 fully saturated rings. The SMILES string of the molecule is CN(CCc1ccncc1)C(=O)[C@@H]1CCCN1C(=O)C1CCCCC1. The number of hydrogen-bond acceptors (Lipinski definition) is 3. The van der Waals surface area contributed by atoms with Gasteiger partial charge in [0.2, 0.25) is 11.8 Å². The lowest BCUT2D eigenvalue weighted by Gasteiger charge is -2.32. The van der Waals surface area contributed by atoms with Crippen molar-refractivity contribution in [3.63, 3.8) is 0 Å². The molecule has 1 saturated carbocycles. The van der Waals surface area contributed by atoms with Gasteiger partial charge in [-0.2, -0.15) is 0 Å². The van der Waals surface area contributed by atoms with E-state index in [0.717, 1.165) is 51.5 Å². The lowest BCUT2D eigenvalue weighted by molar-refractivity contribution is -0.146. The smallest absolute Gasteiger partial charge is 0.245 e. The average molecular weight is 343 g/mol. The van der Waals surface area contributed by atoms with Gasteiger partial charge in [0.15, 0.2) is 0 Å². The van der Waals surface area contributed by atoms with Gasteiger partial charge < -0.3 is 9.80 Å². The molecule has 5 nitrogen and oxygen atoms in total. The van der Waals surface area contributed by atoms with Crippen LogP contribution in [0.25, 0.3) is 0 Å². The monoisotopic (exact) mass is 343 g/mol. The van der Waals surface area contributed by atoms with E-state index in [-0.39, 0.29) is 23.8 Å². The molecule has 5 heteroatoms. The quantitative estimate of drug-likeness (QED) is 0.826. The Kier molecular flexibility index (Phi) is 6.05. The zero-order valence-corrected chi connectivity index (χ0v) is 15.2. The van der Waals surface area contributed by atoms with Gasteiger partial charge in [-0.05, 0) is 49.8 Å². The van der Waals surface area contributed by atoms with Gasteiger partial charge in [0.05, 0.1) is 0 Å². The van der Waals surface area contributed by atoms with Crippen molar-refractivity contribution < 1.29 is 9.59 Å². The molecule has 0 unspecified atom stereocenters. The molecule has 2 aliphatic rings. The Labute approximate surface area is 150 Å². The molecule has 136 valence electrons. The van der Waals surface area contributed by atoms with Crippen molar-refractivity contribution in [3.8, 4) is 0 Å². The molecule has 0 bridgehead atoms. The number of amides is 2. The van der Waals surface area contributed by atoms with Gasteiger partial charge in [-0.15, -0.1) is 0 Å². The lowest BCUT2D eigenvalue weighted by atomic mass is 9.88. The Morgan fingerprint density at radius 1 is 1.12 bits per heavy atom. The second-order valence-electron chi connectivity index (χ2n) is 7.39. The first-order valence-electron chi connectivity index (χ1n) is 9.61. The summed E-state index contributed by atoms with van der Waals surface area (Å²) in [4.78, 5) is 33.4. The van der Waals surface area contributed by atoms with E-state index >= 15 is 0 Å². The molecule has 25 heavy (non-hydrogen) atoms. The van der Waals surface area contributed by atoms with Gasteiger partial charge in [-0.3, -0.25) is 14.6 Å². The summed E-state index contributed by atoms with van der Waals surface area (Å²) in [5.41, 5.74) is 1.18. The van der Waals surface area contributed by atoms with Crippen molar-refractivity contribution in [2.75, 3.05) is 20.1 Å². The molecule has 0 N–H and O–H groups in total. The van der Waals surface area contributed by atoms with Gasteiger partial charge in [-0.1, -0.05) is 19.3 Å². The Hall–Kier alpha value is -1.91. The third-order valence-electron chi connectivity index (χ3n) is 5.64. The largest absolute Gasteiger partial charge is 0.344 e. The van der Waals surface area contributed by atoms with Gasteiger partial charge in [0.25, 0.3) is 0 Å². The molecule has 1 aromatic rings. The van der Waals surface area contributed by atoms with Crippen LogP contribution in [0.3, 0.4) is 0 Å². The van der Waals surface area contributed by atoms with E-state index in [2.05, 4.69) is 4.98 Å². The molecule has 2 heterocycles. The predicted molar refractivity (Wildman–Crippen MR) is 96.9 cm³/mol. The van der Waals surface area contributed by atoms with E-state index < -0.39 is 0 Å². The number of likely N-dealkylation sites (tertiary alicyclic amines) is 1. The summed E-state index contributed by atoms with van der Waals surface area (Å²) in [5.74, 6) is 0.457. The second kappa shape index (κ2) is 8.45. The van der Waals surface area contributed by atoms with Crippen LogP contribution < -0.4 is 0 Å². The highest BCUT2D eigenvalue weighted by atomic mass is 16.2. The molecule has 2 amide bonds. The molecule has 0 radical (unpaired) electrons.